The third-order valence-corrected chi connectivity index (χ3v) is 5.39. The minimum Gasteiger partial charge on any atom is -0.479 e. The van der Waals surface area contributed by atoms with Crippen molar-refractivity contribution in [3.63, 3.8) is 0 Å². The fourth-order valence-corrected chi connectivity index (χ4v) is 3.61. The summed E-state index contributed by atoms with van der Waals surface area (Å²) in [5, 5.41) is 13.8. The Balaban J connectivity index is 1.98. The zero-order valence-electron chi connectivity index (χ0n) is 16.3. The first-order valence-corrected chi connectivity index (χ1v) is 10.8. The molecule has 1 aromatic heterocycles. The predicted molar refractivity (Wildman–Crippen MR) is 123 cm³/mol. The fraction of sp³-hybridized carbons (Fsp3) is 0.238. The van der Waals surface area contributed by atoms with Crippen molar-refractivity contribution < 1.29 is 14.6 Å². The standard InChI is InChI=1S/C21H19Br2N3O4/c1-3-4-19-25-17-7-6-14(22)10-15(17)20(27)26(19)24-11-13-5-8-18(16(23)9-13)30-12(2)21(28)29/h5-12H,3-4H2,1-2H3,(H,28,29)/t12-/m0/s1. The van der Waals surface area contributed by atoms with Gasteiger partial charge >= 0.3 is 5.97 Å². The Hall–Kier alpha value is -2.52. The second-order valence-electron chi connectivity index (χ2n) is 6.59. The van der Waals surface area contributed by atoms with Gasteiger partial charge in [-0.25, -0.2) is 9.78 Å². The van der Waals surface area contributed by atoms with Crippen LogP contribution >= 0.6 is 31.9 Å². The molecule has 0 spiro atoms. The quantitative estimate of drug-likeness (QED) is 0.445. The molecular weight excluding hydrogens is 518 g/mol. The van der Waals surface area contributed by atoms with Crippen molar-refractivity contribution in [2.75, 3.05) is 0 Å². The molecule has 1 heterocycles. The molecule has 0 amide bonds. The molecule has 0 aliphatic rings. The first-order chi connectivity index (χ1) is 14.3. The van der Waals surface area contributed by atoms with Crippen LogP contribution in [-0.4, -0.2) is 33.1 Å². The summed E-state index contributed by atoms with van der Waals surface area (Å²) in [5.41, 5.74) is 1.10. The van der Waals surface area contributed by atoms with Gasteiger partial charge in [0.15, 0.2) is 6.10 Å². The average molecular weight is 537 g/mol. The summed E-state index contributed by atoms with van der Waals surface area (Å²) in [5.74, 6) is -0.0585. The van der Waals surface area contributed by atoms with Crippen LogP contribution in [0.5, 0.6) is 5.75 Å². The highest BCUT2D eigenvalue weighted by Gasteiger charge is 2.14. The Labute approximate surface area is 189 Å². The van der Waals surface area contributed by atoms with Crippen LogP contribution in [-0.2, 0) is 11.2 Å². The Morgan fingerprint density at radius 2 is 2.07 bits per heavy atom. The summed E-state index contributed by atoms with van der Waals surface area (Å²) < 4.78 is 8.09. The smallest absolute Gasteiger partial charge is 0.344 e. The van der Waals surface area contributed by atoms with E-state index in [0.717, 1.165) is 10.9 Å². The molecule has 0 saturated heterocycles. The van der Waals surface area contributed by atoms with E-state index in [-0.39, 0.29) is 5.56 Å². The molecule has 9 heteroatoms. The highest BCUT2D eigenvalue weighted by atomic mass is 79.9. The number of carbonyl (C=O) groups is 1. The monoisotopic (exact) mass is 535 g/mol. The fourth-order valence-electron chi connectivity index (χ4n) is 2.76. The Morgan fingerprint density at radius 3 is 2.73 bits per heavy atom. The van der Waals surface area contributed by atoms with E-state index in [9.17, 15) is 9.59 Å². The molecule has 1 atom stereocenters. The number of carboxylic acids is 1. The summed E-state index contributed by atoms with van der Waals surface area (Å²) in [6.45, 7) is 3.47. The molecule has 30 heavy (non-hydrogen) atoms. The van der Waals surface area contributed by atoms with Gasteiger partial charge in [-0.3, -0.25) is 4.79 Å². The second-order valence-corrected chi connectivity index (χ2v) is 8.36. The number of carboxylic acid groups (broad SMARTS) is 1. The predicted octanol–water partition coefficient (Wildman–Crippen LogP) is 4.61. The molecule has 3 rings (SSSR count). The van der Waals surface area contributed by atoms with E-state index < -0.39 is 12.1 Å². The molecular formula is C21H19Br2N3O4. The van der Waals surface area contributed by atoms with E-state index in [2.05, 4.69) is 41.9 Å². The molecule has 0 saturated carbocycles. The number of rotatable bonds is 7. The van der Waals surface area contributed by atoms with Crippen LogP contribution in [0.2, 0.25) is 0 Å². The zero-order valence-corrected chi connectivity index (χ0v) is 19.5. The molecule has 0 radical (unpaired) electrons. The van der Waals surface area contributed by atoms with Crippen molar-refractivity contribution in [1.29, 1.82) is 0 Å². The third-order valence-electron chi connectivity index (χ3n) is 4.28. The Morgan fingerprint density at radius 1 is 1.30 bits per heavy atom. The van der Waals surface area contributed by atoms with E-state index in [4.69, 9.17) is 9.84 Å². The number of aromatic nitrogens is 2. The van der Waals surface area contributed by atoms with E-state index in [0.29, 0.717) is 38.9 Å². The number of fused-ring (bicyclic) bond motifs is 1. The maximum Gasteiger partial charge on any atom is 0.344 e. The van der Waals surface area contributed by atoms with Gasteiger partial charge in [0.1, 0.15) is 11.6 Å². The van der Waals surface area contributed by atoms with Crippen molar-refractivity contribution in [2.45, 2.75) is 32.8 Å². The van der Waals surface area contributed by atoms with Gasteiger partial charge in [0.05, 0.1) is 21.6 Å². The number of hydrogen-bond acceptors (Lipinski definition) is 5. The summed E-state index contributed by atoms with van der Waals surface area (Å²) in [4.78, 5) is 28.6. The van der Waals surface area contributed by atoms with Gasteiger partial charge < -0.3 is 9.84 Å². The number of halogens is 2. The number of aliphatic carboxylic acids is 1. The lowest BCUT2D eigenvalue weighted by atomic mass is 10.2. The van der Waals surface area contributed by atoms with E-state index in [1.807, 2.05) is 19.1 Å². The van der Waals surface area contributed by atoms with Crippen LogP contribution < -0.4 is 10.3 Å². The Kier molecular flexibility index (Phi) is 7.04. The minimum absolute atomic E-state index is 0.240. The summed E-state index contributed by atoms with van der Waals surface area (Å²) in [6.07, 6.45) is 2.02. The SMILES string of the molecule is CCCc1nc2ccc(Br)cc2c(=O)n1N=Cc1ccc(O[C@@H](C)C(=O)O)c(Br)c1. The molecule has 7 nitrogen and oxygen atoms in total. The van der Waals surface area contributed by atoms with Crippen LogP contribution in [0.1, 0.15) is 31.7 Å². The van der Waals surface area contributed by atoms with Gasteiger partial charge in [-0.15, -0.1) is 0 Å². The lowest BCUT2D eigenvalue weighted by Gasteiger charge is -2.12. The van der Waals surface area contributed by atoms with Gasteiger partial charge in [-0.05, 0) is 71.2 Å². The number of benzene rings is 2. The van der Waals surface area contributed by atoms with Gasteiger partial charge in [-0.1, -0.05) is 22.9 Å². The lowest BCUT2D eigenvalue weighted by Crippen LogP contribution is -2.23. The number of ether oxygens (including phenoxy) is 1. The molecule has 1 N–H and O–H groups in total. The molecule has 3 aromatic rings. The summed E-state index contributed by atoms with van der Waals surface area (Å²) in [7, 11) is 0. The van der Waals surface area contributed by atoms with Crippen LogP contribution in [0.15, 0.2) is 55.2 Å². The van der Waals surface area contributed by atoms with Crippen molar-refractivity contribution in [3.05, 3.63) is 67.1 Å². The van der Waals surface area contributed by atoms with Crippen LogP contribution in [0.4, 0.5) is 0 Å². The zero-order chi connectivity index (χ0) is 21.8. The van der Waals surface area contributed by atoms with Crippen LogP contribution in [0.25, 0.3) is 10.9 Å². The first kappa shape index (κ1) is 22.2. The Bertz CT molecular complexity index is 1190. The van der Waals surface area contributed by atoms with Gasteiger partial charge in [0.2, 0.25) is 0 Å². The second kappa shape index (κ2) is 9.53. The summed E-state index contributed by atoms with van der Waals surface area (Å²) >= 11 is 6.77. The highest BCUT2D eigenvalue weighted by molar-refractivity contribution is 9.10. The molecule has 0 fully saturated rings. The largest absolute Gasteiger partial charge is 0.479 e. The minimum atomic E-state index is -1.05. The van der Waals surface area contributed by atoms with Gasteiger partial charge in [-0.2, -0.15) is 9.78 Å². The maximum atomic E-state index is 13.0. The molecule has 2 aromatic carbocycles. The molecule has 0 unspecified atom stereocenters. The molecule has 0 aliphatic carbocycles. The highest BCUT2D eigenvalue weighted by Crippen LogP contribution is 2.26. The number of hydrogen-bond donors (Lipinski definition) is 1. The van der Waals surface area contributed by atoms with Gasteiger partial charge in [0, 0.05) is 10.9 Å². The van der Waals surface area contributed by atoms with Crippen molar-refractivity contribution >= 4 is 54.9 Å². The molecule has 156 valence electrons. The normalized spacial score (nSPS) is 12.4. The first-order valence-electron chi connectivity index (χ1n) is 9.24. The number of aryl methyl sites for hydroxylation is 1. The number of nitrogens with zero attached hydrogens (tertiary/aromatic N) is 3. The van der Waals surface area contributed by atoms with Crippen LogP contribution in [0, 0.1) is 0 Å². The lowest BCUT2D eigenvalue weighted by molar-refractivity contribution is -0.144. The van der Waals surface area contributed by atoms with Crippen molar-refractivity contribution in [3.8, 4) is 5.75 Å². The summed E-state index contributed by atoms with van der Waals surface area (Å²) in [6, 6.07) is 10.5. The van der Waals surface area contributed by atoms with Crippen LogP contribution in [0.3, 0.4) is 0 Å². The van der Waals surface area contributed by atoms with Crippen molar-refractivity contribution in [1.82, 2.24) is 9.66 Å². The third kappa shape index (κ3) is 4.96. The molecule has 0 aliphatic heterocycles. The van der Waals surface area contributed by atoms with E-state index >= 15 is 0 Å². The average Bonchev–Trinajstić information content (AvgIpc) is 2.70. The molecule has 0 bridgehead atoms. The maximum absolute atomic E-state index is 13.0. The van der Waals surface area contributed by atoms with E-state index in [1.165, 1.54) is 11.6 Å². The van der Waals surface area contributed by atoms with Gasteiger partial charge in [0.25, 0.3) is 5.56 Å². The van der Waals surface area contributed by atoms with Crippen molar-refractivity contribution in [2.24, 2.45) is 5.10 Å². The topological polar surface area (TPSA) is 93.8 Å². The van der Waals surface area contributed by atoms with E-state index in [1.54, 1.807) is 30.5 Å².